The van der Waals surface area contributed by atoms with E-state index in [9.17, 15) is 4.79 Å². The van der Waals surface area contributed by atoms with Crippen molar-refractivity contribution >= 4 is 22.8 Å². The summed E-state index contributed by atoms with van der Waals surface area (Å²) in [5.74, 6) is 5.52. The van der Waals surface area contributed by atoms with E-state index >= 15 is 0 Å². The molecule has 1 aromatic rings. The first-order valence-electron chi connectivity index (χ1n) is 4.63. The molecular formula is C9H14N4O2S. The standard InChI is InChI=1S/C9H14N4O2S/c1-6(16-9(10)13-11)8(14)12-5-7-3-2-4-15-7/h2-4,6H,5,11H2,1H3,(H2,10,13)(H,12,14). The molecule has 1 atom stereocenters. The lowest BCUT2D eigenvalue weighted by molar-refractivity contribution is -0.120. The van der Waals surface area contributed by atoms with Crippen LogP contribution < -0.4 is 16.9 Å². The molecule has 1 amide bonds. The van der Waals surface area contributed by atoms with Crippen LogP contribution >= 0.6 is 11.8 Å². The third-order valence-electron chi connectivity index (χ3n) is 1.81. The van der Waals surface area contributed by atoms with Crippen molar-refractivity contribution in [3.8, 4) is 0 Å². The van der Waals surface area contributed by atoms with Gasteiger partial charge in [-0.3, -0.25) is 4.79 Å². The predicted molar refractivity (Wildman–Crippen MR) is 63.4 cm³/mol. The third-order valence-corrected chi connectivity index (χ3v) is 2.73. The van der Waals surface area contributed by atoms with Crippen molar-refractivity contribution in [3.05, 3.63) is 24.2 Å². The summed E-state index contributed by atoms with van der Waals surface area (Å²) in [6.07, 6.45) is 1.55. The largest absolute Gasteiger partial charge is 0.467 e. The molecule has 0 fully saturated rings. The molecule has 0 aromatic carbocycles. The Morgan fingerprint density at radius 1 is 1.75 bits per heavy atom. The number of carbonyl (C=O) groups excluding carboxylic acids is 1. The van der Waals surface area contributed by atoms with Crippen molar-refractivity contribution in [2.45, 2.75) is 18.7 Å². The van der Waals surface area contributed by atoms with Crippen LogP contribution in [0.5, 0.6) is 0 Å². The van der Waals surface area contributed by atoms with Crippen LogP contribution in [-0.4, -0.2) is 16.3 Å². The molecule has 5 N–H and O–H groups in total. The quantitative estimate of drug-likeness (QED) is 0.303. The summed E-state index contributed by atoms with van der Waals surface area (Å²) in [5, 5.41) is 5.83. The Morgan fingerprint density at radius 3 is 3.06 bits per heavy atom. The molecule has 7 heteroatoms. The number of amidine groups is 1. The SMILES string of the molecule is CC(SC(N)=NN)C(=O)NCc1ccco1. The number of nitrogens with one attached hydrogen (secondary N) is 1. The van der Waals surface area contributed by atoms with E-state index in [-0.39, 0.29) is 16.3 Å². The molecule has 0 radical (unpaired) electrons. The number of hydrogen-bond acceptors (Lipinski definition) is 5. The highest BCUT2D eigenvalue weighted by Crippen LogP contribution is 2.10. The highest BCUT2D eigenvalue weighted by Gasteiger charge is 2.15. The molecule has 6 nitrogen and oxygen atoms in total. The van der Waals surface area contributed by atoms with Crippen LogP contribution in [0.3, 0.4) is 0 Å². The monoisotopic (exact) mass is 242 g/mol. The third kappa shape index (κ3) is 3.85. The van der Waals surface area contributed by atoms with E-state index < -0.39 is 0 Å². The summed E-state index contributed by atoms with van der Waals surface area (Å²) in [5.41, 5.74) is 5.39. The van der Waals surface area contributed by atoms with Gasteiger partial charge in [0.2, 0.25) is 5.91 Å². The fraction of sp³-hybridized carbons (Fsp3) is 0.333. The maximum atomic E-state index is 11.6. The zero-order valence-corrected chi connectivity index (χ0v) is 9.66. The summed E-state index contributed by atoms with van der Waals surface area (Å²) < 4.78 is 5.08. The van der Waals surface area contributed by atoms with Crippen LogP contribution in [0.1, 0.15) is 12.7 Å². The number of nitrogens with zero attached hydrogens (tertiary/aromatic N) is 1. The van der Waals surface area contributed by atoms with E-state index in [1.807, 2.05) is 0 Å². The molecule has 0 aliphatic rings. The molecule has 0 saturated heterocycles. The fourth-order valence-corrected chi connectivity index (χ4v) is 1.61. The second-order valence-electron chi connectivity index (χ2n) is 3.02. The van der Waals surface area contributed by atoms with E-state index in [0.717, 1.165) is 11.8 Å². The lowest BCUT2D eigenvalue weighted by Gasteiger charge is -2.09. The van der Waals surface area contributed by atoms with Crippen molar-refractivity contribution < 1.29 is 9.21 Å². The molecule has 16 heavy (non-hydrogen) atoms. The van der Waals surface area contributed by atoms with Crippen LogP contribution in [0.2, 0.25) is 0 Å². The summed E-state index contributed by atoms with van der Waals surface area (Å²) in [4.78, 5) is 11.6. The Hall–Kier alpha value is -1.63. The topological polar surface area (TPSA) is 107 Å². The molecule has 0 saturated carbocycles. The summed E-state index contributed by atoms with van der Waals surface area (Å²) in [6, 6.07) is 3.55. The Balaban J connectivity index is 2.34. The van der Waals surface area contributed by atoms with Gasteiger partial charge < -0.3 is 21.3 Å². The maximum absolute atomic E-state index is 11.6. The molecule has 0 bridgehead atoms. The first kappa shape index (κ1) is 12.4. The van der Waals surface area contributed by atoms with Gasteiger partial charge in [0, 0.05) is 0 Å². The van der Waals surface area contributed by atoms with Crippen LogP contribution in [0.15, 0.2) is 27.9 Å². The van der Waals surface area contributed by atoms with E-state index in [4.69, 9.17) is 16.0 Å². The summed E-state index contributed by atoms with van der Waals surface area (Å²) >= 11 is 1.10. The number of amides is 1. The molecule has 1 unspecified atom stereocenters. The fourth-order valence-electron chi connectivity index (χ4n) is 0.996. The zero-order valence-electron chi connectivity index (χ0n) is 8.84. The van der Waals surface area contributed by atoms with Gasteiger partial charge in [-0.05, 0) is 19.1 Å². The number of rotatable bonds is 4. The summed E-state index contributed by atoms with van der Waals surface area (Å²) in [7, 11) is 0. The minimum absolute atomic E-state index is 0.145. The maximum Gasteiger partial charge on any atom is 0.233 e. The minimum Gasteiger partial charge on any atom is -0.467 e. The summed E-state index contributed by atoms with van der Waals surface area (Å²) in [6.45, 7) is 2.08. The number of furan rings is 1. The highest BCUT2D eigenvalue weighted by molar-refractivity contribution is 8.14. The van der Waals surface area contributed by atoms with Crippen LogP contribution in [0.4, 0.5) is 0 Å². The number of hydrogen-bond donors (Lipinski definition) is 3. The predicted octanol–water partition coefficient (Wildman–Crippen LogP) is 0.206. The van der Waals surface area contributed by atoms with Gasteiger partial charge >= 0.3 is 0 Å². The average Bonchev–Trinajstić information content (AvgIpc) is 2.78. The smallest absolute Gasteiger partial charge is 0.233 e. The van der Waals surface area contributed by atoms with Gasteiger partial charge in [0.1, 0.15) is 5.76 Å². The van der Waals surface area contributed by atoms with E-state index in [1.54, 1.807) is 25.3 Å². The van der Waals surface area contributed by atoms with Crippen molar-refractivity contribution in [2.75, 3.05) is 0 Å². The lowest BCUT2D eigenvalue weighted by Crippen LogP contribution is -2.32. The molecule has 0 aliphatic carbocycles. The van der Waals surface area contributed by atoms with Gasteiger partial charge in [-0.1, -0.05) is 11.8 Å². The molecule has 0 spiro atoms. The molecule has 1 rings (SSSR count). The van der Waals surface area contributed by atoms with Gasteiger partial charge in [0.05, 0.1) is 18.1 Å². The van der Waals surface area contributed by atoms with Gasteiger partial charge in [-0.25, -0.2) is 0 Å². The van der Waals surface area contributed by atoms with Crippen LogP contribution in [-0.2, 0) is 11.3 Å². The molecular weight excluding hydrogens is 228 g/mol. The zero-order chi connectivity index (χ0) is 12.0. The second kappa shape index (κ2) is 6.06. The first-order valence-corrected chi connectivity index (χ1v) is 5.51. The van der Waals surface area contributed by atoms with Gasteiger partial charge in [0.25, 0.3) is 0 Å². The molecule has 1 heterocycles. The Kier molecular flexibility index (Phi) is 4.71. The lowest BCUT2D eigenvalue weighted by atomic mass is 10.4. The normalized spacial score (nSPS) is 13.4. The van der Waals surface area contributed by atoms with Crippen molar-refractivity contribution in [1.82, 2.24) is 5.32 Å². The van der Waals surface area contributed by atoms with E-state index in [1.165, 1.54) is 0 Å². The first-order chi connectivity index (χ1) is 7.63. The van der Waals surface area contributed by atoms with E-state index in [2.05, 4.69) is 10.4 Å². The number of hydrazone groups is 1. The van der Waals surface area contributed by atoms with Crippen LogP contribution in [0.25, 0.3) is 0 Å². The molecule has 0 aliphatic heterocycles. The van der Waals surface area contributed by atoms with Crippen molar-refractivity contribution in [2.24, 2.45) is 16.7 Å². The molecule has 1 aromatic heterocycles. The minimum atomic E-state index is -0.345. The Labute approximate surface area is 97.4 Å². The molecule has 88 valence electrons. The Bertz CT molecular complexity index is 364. The highest BCUT2D eigenvalue weighted by atomic mass is 32.2. The van der Waals surface area contributed by atoms with Gasteiger partial charge in [-0.2, -0.15) is 5.10 Å². The van der Waals surface area contributed by atoms with Crippen LogP contribution in [0, 0.1) is 0 Å². The number of thioether (sulfide) groups is 1. The average molecular weight is 242 g/mol. The number of carbonyl (C=O) groups is 1. The van der Waals surface area contributed by atoms with Gasteiger partial charge in [0.15, 0.2) is 5.17 Å². The second-order valence-corrected chi connectivity index (χ2v) is 4.39. The van der Waals surface area contributed by atoms with Crippen molar-refractivity contribution in [1.29, 1.82) is 0 Å². The van der Waals surface area contributed by atoms with E-state index in [0.29, 0.717) is 12.3 Å². The number of nitrogens with two attached hydrogens (primary N) is 2. The Morgan fingerprint density at radius 2 is 2.50 bits per heavy atom. The van der Waals surface area contributed by atoms with Gasteiger partial charge in [-0.15, -0.1) is 0 Å². The van der Waals surface area contributed by atoms with Crippen molar-refractivity contribution in [3.63, 3.8) is 0 Å².